The normalized spacial score (nSPS) is 24.8. The molecule has 2 aliphatic rings. The van der Waals surface area contributed by atoms with Gasteiger partial charge in [0, 0.05) is 37.8 Å². The van der Waals surface area contributed by atoms with Gasteiger partial charge in [0.05, 0.1) is 5.88 Å². The molecule has 1 heterocycles. The van der Waals surface area contributed by atoms with Crippen molar-refractivity contribution >= 4 is 17.5 Å². The van der Waals surface area contributed by atoms with Crippen LogP contribution in [-0.4, -0.2) is 47.8 Å². The molecule has 112 valence electrons. The number of allylic oxidation sites excluding steroid dienone is 1. The molecule has 0 bridgehead atoms. The summed E-state index contributed by atoms with van der Waals surface area (Å²) in [6.45, 7) is 7.22. The molecule has 0 aromatic heterocycles. The molecule has 0 N–H and O–H groups in total. The van der Waals surface area contributed by atoms with Gasteiger partial charge >= 0.3 is 0 Å². The summed E-state index contributed by atoms with van der Waals surface area (Å²) in [5.74, 6) is 1.40. The Kier molecular flexibility index (Phi) is 4.20. The first-order valence-electron chi connectivity index (χ1n) is 7.53. The third kappa shape index (κ3) is 3.08. The Morgan fingerprint density at radius 1 is 1.14 bits per heavy atom. The molecule has 3 rings (SSSR count). The van der Waals surface area contributed by atoms with E-state index in [2.05, 4.69) is 23.6 Å². The minimum Gasteiger partial charge on any atom is -0.371 e. The van der Waals surface area contributed by atoms with Crippen LogP contribution in [0.4, 0.5) is 0 Å². The van der Waals surface area contributed by atoms with Crippen LogP contribution in [0.1, 0.15) is 17.9 Å². The minimum absolute atomic E-state index is 0.190. The topological polar surface area (TPSA) is 23.6 Å². The molecular weight excluding hydrogens is 284 g/mol. The van der Waals surface area contributed by atoms with Gasteiger partial charge in [-0.2, -0.15) is 0 Å². The van der Waals surface area contributed by atoms with Crippen LogP contribution in [0.5, 0.6) is 0 Å². The molecule has 1 aromatic rings. The highest BCUT2D eigenvalue weighted by Gasteiger charge is 2.45. The van der Waals surface area contributed by atoms with Gasteiger partial charge < -0.3 is 9.80 Å². The molecule has 3 nitrogen and oxygen atoms in total. The fraction of sp³-hybridized carbons (Fsp3) is 0.471. The number of nitrogens with zero attached hydrogens (tertiary/aromatic N) is 2. The van der Waals surface area contributed by atoms with E-state index in [1.165, 1.54) is 5.56 Å². The maximum Gasteiger partial charge on any atom is 0.226 e. The fourth-order valence-electron chi connectivity index (χ4n) is 3.10. The van der Waals surface area contributed by atoms with Gasteiger partial charge in [0.15, 0.2) is 0 Å². The molecule has 0 unspecified atom stereocenters. The number of alkyl halides is 1. The number of amides is 1. The van der Waals surface area contributed by atoms with Crippen molar-refractivity contribution in [1.29, 1.82) is 0 Å². The van der Waals surface area contributed by atoms with Crippen LogP contribution < -0.4 is 0 Å². The summed E-state index contributed by atoms with van der Waals surface area (Å²) < 4.78 is 0. The highest BCUT2D eigenvalue weighted by Crippen LogP contribution is 2.48. The van der Waals surface area contributed by atoms with E-state index in [1.54, 1.807) is 0 Å². The molecule has 1 amide bonds. The predicted molar refractivity (Wildman–Crippen MR) is 85.3 cm³/mol. The molecule has 21 heavy (non-hydrogen) atoms. The van der Waals surface area contributed by atoms with E-state index in [4.69, 9.17) is 11.6 Å². The second kappa shape index (κ2) is 6.10. The Labute approximate surface area is 131 Å². The van der Waals surface area contributed by atoms with Crippen LogP contribution in [0.15, 0.2) is 42.6 Å². The summed E-state index contributed by atoms with van der Waals surface area (Å²) in [7, 11) is 0. The second-order valence-corrected chi connectivity index (χ2v) is 6.14. The summed E-state index contributed by atoms with van der Waals surface area (Å²) in [4.78, 5) is 16.7. The Morgan fingerprint density at radius 3 is 2.38 bits per heavy atom. The summed E-state index contributed by atoms with van der Waals surface area (Å²) in [6.07, 6.45) is 0.997. The molecule has 0 spiro atoms. The molecule has 1 saturated carbocycles. The summed E-state index contributed by atoms with van der Waals surface area (Å²) in [5, 5.41) is 0. The van der Waals surface area contributed by atoms with E-state index in [-0.39, 0.29) is 5.92 Å². The van der Waals surface area contributed by atoms with Gasteiger partial charge in [-0.3, -0.25) is 4.79 Å². The van der Waals surface area contributed by atoms with Crippen LogP contribution in [0, 0.1) is 5.92 Å². The number of carbonyl (C=O) groups is 1. The lowest BCUT2D eigenvalue weighted by Gasteiger charge is -2.36. The third-order valence-corrected chi connectivity index (χ3v) is 4.84. The Hall–Kier alpha value is -1.48. The largest absolute Gasteiger partial charge is 0.371 e. The Bertz CT molecular complexity index is 523. The monoisotopic (exact) mass is 304 g/mol. The zero-order chi connectivity index (χ0) is 14.8. The SMILES string of the molecule is C=C(CCl)N1CCN(C(=O)[C@@H]2C[C@H]2c2ccccc2)CC1. The smallest absolute Gasteiger partial charge is 0.226 e. The molecule has 2 atom stereocenters. The zero-order valence-electron chi connectivity index (χ0n) is 12.2. The van der Waals surface area contributed by atoms with Crippen molar-refractivity contribution in [2.45, 2.75) is 12.3 Å². The lowest BCUT2D eigenvalue weighted by atomic mass is 10.1. The van der Waals surface area contributed by atoms with Crippen molar-refractivity contribution in [3.8, 4) is 0 Å². The molecule has 0 radical (unpaired) electrons. The number of rotatable bonds is 4. The van der Waals surface area contributed by atoms with E-state index < -0.39 is 0 Å². The Morgan fingerprint density at radius 2 is 1.76 bits per heavy atom. The molecule has 4 heteroatoms. The van der Waals surface area contributed by atoms with Crippen molar-refractivity contribution in [2.75, 3.05) is 32.1 Å². The maximum absolute atomic E-state index is 12.5. The van der Waals surface area contributed by atoms with E-state index in [1.807, 2.05) is 23.1 Å². The van der Waals surface area contributed by atoms with Gasteiger partial charge in [-0.05, 0) is 17.9 Å². The van der Waals surface area contributed by atoms with Crippen molar-refractivity contribution < 1.29 is 4.79 Å². The van der Waals surface area contributed by atoms with Crippen LogP contribution in [0.3, 0.4) is 0 Å². The van der Waals surface area contributed by atoms with Gasteiger partial charge in [0.2, 0.25) is 5.91 Å². The fourth-order valence-corrected chi connectivity index (χ4v) is 3.27. The lowest BCUT2D eigenvalue weighted by molar-refractivity contribution is -0.134. The first-order chi connectivity index (χ1) is 10.2. The maximum atomic E-state index is 12.5. The summed E-state index contributed by atoms with van der Waals surface area (Å²) in [6, 6.07) is 10.4. The van der Waals surface area contributed by atoms with E-state index >= 15 is 0 Å². The number of hydrogen-bond acceptors (Lipinski definition) is 2. The molecular formula is C17H21ClN2O. The number of halogens is 1. The third-order valence-electron chi connectivity index (χ3n) is 4.53. The second-order valence-electron chi connectivity index (χ2n) is 5.87. The van der Waals surface area contributed by atoms with Gasteiger partial charge in [0.25, 0.3) is 0 Å². The average molecular weight is 305 g/mol. The predicted octanol–water partition coefficient (Wildman–Crippen LogP) is 2.69. The van der Waals surface area contributed by atoms with Crippen LogP contribution in [0.25, 0.3) is 0 Å². The zero-order valence-corrected chi connectivity index (χ0v) is 12.9. The standard InChI is InChI=1S/C17H21ClN2O/c1-13(12-18)19-7-9-20(10-8-19)17(21)16-11-15(16)14-5-3-2-4-6-14/h2-6,15-16H,1,7-12H2/t15-,16+/m0/s1. The van der Waals surface area contributed by atoms with Crippen LogP contribution in [0.2, 0.25) is 0 Å². The number of benzene rings is 1. The van der Waals surface area contributed by atoms with E-state index in [0.29, 0.717) is 17.7 Å². The minimum atomic E-state index is 0.190. The van der Waals surface area contributed by atoms with Crippen molar-refractivity contribution in [3.63, 3.8) is 0 Å². The molecule has 1 aliphatic heterocycles. The van der Waals surface area contributed by atoms with Crippen molar-refractivity contribution in [1.82, 2.24) is 9.80 Å². The average Bonchev–Trinajstić information content (AvgIpc) is 3.35. The van der Waals surface area contributed by atoms with Gasteiger partial charge in [-0.25, -0.2) is 0 Å². The first-order valence-corrected chi connectivity index (χ1v) is 8.06. The molecule has 1 aliphatic carbocycles. The van der Waals surface area contributed by atoms with Gasteiger partial charge in [0.1, 0.15) is 0 Å². The molecule has 2 fully saturated rings. The number of carbonyl (C=O) groups excluding carboxylic acids is 1. The first kappa shape index (κ1) is 14.5. The van der Waals surface area contributed by atoms with Gasteiger partial charge in [-0.15, -0.1) is 11.6 Å². The highest BCUT2D eigenvalue weighted by atomic mass is 35.5. The summed E-state index contributed by atoms with van der Waals surface area (Å²) >= 11 is 5.81. The van der Waals surface area contributed by atoms with E-state index in [0.717, 1.165) is 38.3 Å². The van der Waals surface area contributed by atoms with Gasteiger partial charge in [-0.1, -0.05) is 36.9 Å². The van der Waals surface area contributed by atoms with Crippen molar-refractivity contribution in [2.24, 2.45) is 5.92 Å². The van der Waals surface area contributed by atoms with Crippen LogP contribution >= 0.6 is 11.6 Å². The lowest BCUT2D eigenvalue weighted by Crippen LogP contribution is -2.48. The van der Waals surface area contributed by atoms with E-state index in [9.17, 15) is 4.79 Å². The highest BCUT2D eigenvalue weighted by molar-refractivity contribution is 6.19. The molecule has 1 saturated heterocycles. The molecule has 1 aromatic carbocycles. The number of hydrogen-bond donors (Lipinski definition) is 0. The number of piperazine rings is 1. The summed E-state index contributed by atoms with van der Waals surface area (Å²) in [5.41, 5.74) is 2.25. The Balaban J connectivity index is 1.53. The van der Waals surface area contributed by atoms with Crippen LogP contribution in [-0.2, 0) is 4.79 Å². The van der Waals surface area contributed by atoms with Crippen molar-refractivity contribution in [3.05, 3.63) is 48.2 Å². The quantitative estimate of drug-likeness (QED) is 0.799.